The standard InChI is InChI=1S/C14H22N4O2/c1-20-8-7-15-13(19)11-9-16-14(17-10-11)18-12-5-3-2-4-6-12/h9-10,12H,2-8H2,1H3,(H,15,19)(H,16,17,18). The van der Waals surface area contributed by atoms with Gasteiger partial charge >= 0.3 is 0 Å². The first-order valence-corrected chi connectivity index (χ1v) is 7.15. The van der Waals surface area contributed by atoms with Gasteiger partial charge in [-0.1, -0.05) is 19.3 Å². The lowest BCUT2D eigenvalue weighted by Crippen LogP contribution is -2.27. The van der Waals surface area contributed by atoms with Crippen LogP contribution >= 0.6 is 0 Å². The monoisotopic (exact) mass is 278 g/mol. The van der Waals surface area contributed by atoms with Gasteiger partial charge < -0.3 is 15.4 Å². The van der Waals surface area contributed by atoms with Gasteiger partial charge in [0.2, 0.25) is 5.95 Å². The molecule has 0 unspecified atom stereocenters. The number of carbonyl (C=O) groups excluding carboxylic acids is 1. The van der Waals surface area contributed by atoms with Crippen molar-refractivity contribution in [2.24, 2.45) is 0 Å². The fourth-order valence-electron chi connectivity index (χ4n) is 2.32. The summed E-state index contributed by atoms with van der Waals surface area (Å²) in [6.07, 6.45) is 9.29. The third-order valence-electron chi connectivity index (χ3n) is 3.44. The first-order chi connectivity index (χ1) is 9.79. The van der Waals surface area contributed by atoms with Crippen molar-refractivity contribution in [3.63, 3.8) is 0 Å². The van der Waals surface area contributed by atoms with Crippen molar-refractivity contribution in [3.8, 4) is 0 Å². The van der Waals surface area contributed by atoms with Crippen molar-refractivity contribution < 1.29 is 9.53 Å². The number of aromatic nitrogens is 2. The van der Waals surface area contributed by atoms with Crippen molar-refractivity contribution in [1.29, 1.82) is 0 Å². The maximum Gasteiger partial charge on any atom is 0.254 e. The Bertz CT molecular complexity index is 416. The van der Waals surface area contributed by atoms with E-state index in [1.165, 1.54) is 32.1 Å². The first kappa shape index (κ1) is 14.7. The smallest absolute Gasteiger partial charge is 0.254 e. The van der Waals surface area contributed by atoms with Gasteiger partial charge in [-0.05, 0) is 12.8 Å². The van der Waals surface area contributed by atoms with Crippen LogP contribution in [-0.4, -0.2) is 42.2 Å². The second-order valence-corrected chi connectivity index (χ2v) is 5.02. The number of hydrogen-bond acceptors (Lipinski definition) is 5. The number of amides is 1. The quantitative estimate of drug-likeness (QED) is 0.773. The molecule has 0 spiro atoms. The molecule has 1 aliphatic carbocycles. The van der Waals surface area contributed by atoms with Crippen LogP contribution in [0.4, 0.5) is 5.95 Å². The van der Waals surface area contributed by atoms with Crippen molar-refractivity contribution >= 4 is 11.9 Å². The Morgan fingerprint density at radius 1 is 1.30 bits per heavy atom. The molecule has 2 N–H and O–H groups in total. The normalized spacial score (nSPS) is 15.8. The van der Waals surface area contributed by atoms with Crippen molar-refractivity contribution in [2.75, 3.05) is 25.6 Å². The minimum absolute atomic E-state index is 0.175. The molecule has 110 valence electrons. The van der Waals surface area contributed by atoms with Crippen LogP contribution in [-0.2, 0) is 4.74 Å². The number of methoxy groups -OCH3 is 1. The molecular formula is C14H22N4O2. The van der Waals surface area contributed by atoms with Gasteiger partial charge in [-0.15, -0.1) is 0 Å². The van der Waals surface area contributed by atoms with Gasteiger partial charge in [-0.3, -0.25) is 4.79 Å². The Balaban J connectivity index is 1.83. The summed E-state index contributed by atoms with van der Waals surface area (Å²) in [7, 11) is 1.60. The number of anilines is 1. The summed E-state index contributed by atoms with van der Waals surface area (Å²) in [5.41, 5.74) is 0.468. The first-order valence-electron chi connectivity index (χ1n) is 7.15. The summed E-state index contributed by atoms with van der Waals surface area (Å²) >= 11 is 0. The van der Waals surface area contributed by atoms with E-state index in [0.717, 1.165) is 0 Å². The van der Waals surface area contributed by atoms with Crippen LogP contribution in [0.15, 0.2) is 12.4 Å². The van der Waals surface area contributed by atoms with Crippen molar-refractivity contribution in [2.45, 2.75) is 38.1 Å². The van der Waals surface area contributed by atoms with E-state index in [2.05, 4.69) is 20.6 Å². The van der Waals surface area contributed by atoms with Crippen LogP contribution in [0.1, 0.15) is 42.5 Å². The lowest BCUT2D eigenvalue weighted by atomic mass is 9.96. The number of nitrogens with one attached hydrogen (secondary N) is 2. The Morgan fingerprint density at radius 3 is 2.65 bits per heavy atom. The maximum atomic E-state index is 11.8. The van der Waals surface area contributed by atoms with E-state index in [-0.39, 0.29) is 5.91 Å². The van der Waals surface area contributed by atoms with Gasteiger partial charge in [0.25, 0.3) is 5.91 Å². The molecule has 0 atom stereocenters. The highest BCUT2D eigenvalue weighted by Gasteiger charge is 2.14. The van der Waals surface area contributed by atoms with E-state index in [1.54, 1.807) is 19.5 Å². The number of ether oxygens (including phenoxy) is 1. The Hall–Kier alpha value is -1.69. The average molecular weight is 278 g/mol. The number of hydrogen-bond donors (Lipinski definition) is 2. The zero-order valence-corrected chi connectivity index (χ0v) is 11.9. The molecule has 0 bridgehead atoms. The summed E-state index contributed by atoms with van der Waals surface area (Å²) < 4.78 is 4.88. The largest absolute Gasteiger partial charge is 0.383 e. The summed E-state index contributed by atoms with van der Waals surface area (Å²) in [4.78, 5) is 20.2. The second-order valence-electron chi connectivity index (χ2n) is 5.02. The predicted octanol–water partition coefficient (Wildman–Crippen LogP) is 1.60. The molecule has 1 aromatic rings. The third kappa shape index (κ3) is 4.45. The molecule has 6 nitrogen and oxygen atoms in total. The molecule has 1 amide bonds. The fourth-order valence-corrected chi connectivity index (χ4v) is 2.32. The molecule has 0 aliphatic heterocycles. The number of carbonyl (C=O) groups is 1. The Morgan fingerprint density at radius 2 is 2.00 bits per heavy atom. The zero-order chi connectivity index (χ0) is 14.2. The van der Waals surface area contributed by atoms with Gasteiger partial charge in [0.1, 0.15) is 0 Å². The number of nitrogens with zero attached hydrogens (tertiary/aromatic N) is 2. The molecule has 6 heteroatoms. The SMILES string of the molecule is COCCNC(=O)c1cnc(NC2CCCCC2)nc1. The van der Waals surface area contributed by atoms with E-state index >= 15 is 0 Å². The highest BCUT2D eigenvalue weighted by Crippen LogP contribution is 2.19. The van der Waals surface area contributed by atoms with Gasteiger partial charge in [-0.2, -0.15) is 0 Å². The molecule has 1 fully saturated rings. The Kier molecular flexibility index (Phi) is 5.73. The summed E-state index contributed by atoms with van der Waals surface area (Å²) in [6, 6.07) is 0.463. The molecule has 1 saturated carbocycles. The summed E-state index contributed by atoms with van der Waals surface area (Å²) in [5.74, 6) is 0.427. The van der Waals surface area contributed by atoms with Crippen molar-refractivity contribution in [1.82, 2.24) is 15.3 Å². The molecule has 2 rings (SSSR count). The lowest BCUT2D eigenvalue weighted by molar-refractivity contribution is 0.0936. The topological polar surface area (TPSA) is 76.1 Å². The lowest BCUT2D eigenvalue weighted by Gasteiger charge is -2.22. The fraction of sp³-hybridized carbons (Fsp3) is 0.643. The molecular weight excluding hydrogens is 256 g/mol. The predicted molar refractivity (Wildman–Crippen MR) is 76.7 cm³/mol. The van der Waals surface area contributed by atoms with Crippen LogP contribution < -0.4 is 10.6 Å². The van der Waals surface area contributed by atoms with E-state index in [0.29, 0.717) is 30.7 Å². The summed E-state index contributed by atoms with van der Waals surface area (Å²) in [5, 5.41) is 6.06. The molecule has 1 aromatic heterocycles. The molecule has 20 heavy (non-hydrogen) atoms. The van der Waals surface area contributed by atoms with Gasteiger partial charge in [0.15, 0.2) is 0 Å². The molecule has 0 radical (unpaired) electrons. The molecule has 0 aromatic carbocycles. The van der Waals surface area contributed by atoms with E-state index in [1.807, 2.05) is 0 Å². The molecule has 1 aliphatic rings. The number of rotatable bonds is 6. The van der Waals surface area contributed by atoms with Crippen molar-refractivity contribution in [3.05, 3.63) is 18.0 Å². The van der Waals surface area contributed by atoms with E-state index in [4.69, 9.17) is 4.74 Å². The minimum atomic E-state index is -0.175. The third-order valence-corrected chi connectivity index (χ3v) is 3.44. The summed E-state index contributed by atoms with van der Waals surface area (Å²) in [6.45, 7) is 0.978. The minimum Gasteiger partial charge on any atom is -0.383 e. The van der Waals surface area contributed by atoms with Crippen LogP contribution in [0.3, 0.4) is 0 Å². The Labute approximate surface area is 119 Å². The van der Waals surface area contributed by atoms with Crippen LogP contribution in [0.25, 0.3) is 0 Å². The molecule has 1 heterocycles. The van der Waals surface area contributed by atoms with Crippen LogP contribution in [0.2, 0.25) is 0 Å². The molecule has 0 saturated heterocycles. The van der Waals surface area contributed by atoms with Gasteiger partial charge in [0, 0.05) is 32.1 Å². The van der Waals surface area contributed by atoms with Gasteiger partial charge in [-0.25, -0.2) is 9.97 Å². The maximum absolute atomic E-state index is 11.8. The van der Waals surface area contributed by atoms with Gasteiger partial charge in [0.05, 0.1) is 12.2 Å². The van der Waals surface area contributed by atoms with E-state index in [9.17, 15) is 4.79 Å². The highest BCUT2D eigenvalue weighted by molar-refractivity contribution is 5.93. The zero-order valence-electron chi connectivity index (χ0n) is 11.9. The average Bonchev–Trinajstić information content (AvgIpc) is 2.49. The van der Waals surface area contributed by atoms with E-state index < -0.39 is 0 Å². The van der Waals surface area contributed by atoms with Crippen LogP contribution in [0, 0.1) is 0 Å². The second kappa shape index (κ2) is 7.79. The highest BCUT2D eigenvalue weighted by atomic mass is 16.5. The van der Waals surface area contributed by atoms with Crippen LogP contribution in [0.5, 0.6) is 0 Å².